The Balaban J connectivity index is 0.00000210. The first-order valence-electron chi connectivity index (χ1n) is 9.28. The van der Waals surface area contributed by atoms with E-state index in [1.54, 1.807) is 0 Å². The standard InChI is InChI=1S/C19H25N5O2.ClH/c1-23(12-7-9-20-10-8-12)13-3-4-14-16(11-13)24(2)22-18(14)15-5-6-17(25)21-19(15)26;/h3-4,11-12,15,20H,5-10H2,1-2H3,(H,21,25,26);1H. The predicted molar refractivity (Wildman–Crippen MR) is 107 cm³/mol. The molecule has 0 radical (unpaired) electrons. The highest BCUT2D eigenvalue weighted by atomic mass is 35.5. The molecule has 2 amide bonds. The zero-order chi connectivity index (χ0) is 18.3. The van der Waals surface area contributed by atoms with Crippen molar-refractivity contribution in [2.75, 3.05) is 25.0 Å². The molecular formula is C19H26ClN5O2. The van der Waals surface area contributed by atoms with Crippen LogP contribution in [0.5, 0.6) is 0 Å². The smallest absolute Gasteiger partial charge is 0.235 e. The van der Waals surface area contributed by atoms with Gasteiger partial charge >= 0.3 is 0 Å². The van der Waals surface area contributed by atoms with E-state index in [4.69, 9.17) is 0 Å². The molecule has 1 atom stereocenters. The van der Waals surface area contributed by atoms with Crippen molar-refractivity contribution in [3.8, 4) is 0 Å². The van der Waals surface area contributed by atoms with Crippen molar-refractivity contribution in [2.24, 2.45) is 7.05 Å². The minimum absolute atomic E-state index is 0. The van der Waals surface area contributed by atoms with Crippen LogP contribution >= 0.6 is 12.4 Å². The van der Waals surface area contributed by atoms with Gasteiger partial charge in [-0.25, -0.2) is 0 Å². The van der Waals surface area contributed by atoms with Crippen molar-refractivity contribution >= 4 is 40.8 Å². The summed E-state index contributed by atoms with van der Waals surface area (Å²) in [6, 6.07) is 6.87. The Morgan fingerprint density at radius 1 is 1.19 bits per heavy atom. The van der Waals surface area contributed by atoms with E-state index >= 15 is 0 Å². The van der Waals surface area contributed by atoms with Crippen LogP contribution in [0.1, 0.15) is 37.3 Å². The topological polar surface area (TPSA) is 79.3 Å². The molecule has 1 aromatic carbocycles. The van der Waals surface area contributed by atoms with Crippen molar-refractivity contribution in [1.82, 2.24) is 20.4 Å². The first-order valence-corrected chi connectivity index (χ1v) is 9.28. The molecule has 146 valence electrons. The molecule has 2 aliphatic heterocycles. The molecule has 1 unspecified atom stereocenters. The molecule has 1 aromatic heterocycles. The first kappa shape index (κ1) is 19.6. The number of nitrogens with zero attached hydrogens (tertiary/aromatic N) is 3. The van der Waals surface area contributed by atoms with Gasteiger partial charge in [0.1, 0.15) is 0 Å². The average molecular weight is 392 g/mol. The van der Waals surface area contributed by atoms with Gasteiger partial charge in [-0.15, -0.1) is 12.4 Å². The number of hydrogen-bond donors (Lipinski definition) is 2. The largest absolute Gasteiger partial charge is 0.371 e. The summed E-state index contributed by atoms with van der Waals surface area (Å²) in [4.78, 5) is 26.0. The minimum Gasteiger partial charge on any atom is -0.371 e. The number of nitrogens with one attached hydrogen (secondary N) is 2. The maximum absolute atomic E-state index is 12.2. The number of amides is 2. The lowest BCUT2D eigenvalue weighted by Crippen LogP contribution is -2.41. The zero-order valence-corrected chi connectivity index (χ0v) is 16.5. The van der Waals surface area contributed by atoms with Crippen molar-refractivity contribution in [3.63, 3.8) is 0 Å². The van der Waals surface area contributed by atoms with E-state index in [-0.39, 0.29) is 30.1 Å². The third-order valence-corrected chi connectivity index (χ3v) is 5.70. The van der Waals surface area contributed by atoms with Crippen LogP contribution in [-0.4, -0.2) is 47.8 Å². The molecule has 2 aromatic rings. The second-order valence-corrected chi connectivity index (χ2v) is 7.31. The number of rotatable bonds is 3. The number of anilines is 1. The Labute approximate surface area is 164 Å². The Morgan fingerprint density at radius 3 is 2.63 bits per heavy atom. The zero-order valence-electron chi connectivity index (χ0n) is 15.7. The van der Waals surface area contributed by atoms with E-state index < -0.39 is 0 Å². The van der Waals surface area contributed by atoms with Crippen LogP contribution in [-0.2, 0) is 16.6 Å². The first-order chi connectivity index (χ1) is 12.5. The van der Waals surface area contributed by atoms with Gasteiger partial charge in [-0.2, -0.15) is 5.10 Å². The lowest BCUT2D eigenvalue weighted by molar-refractivity contribution is -0.134. The van der Waals surface area contributed by atoms with Gasteiger partial charge in [0.15, 0.2) is 0 Å². The van der Waals surface area contributed by atoms with E-state index in [9.17, 15) is 9.59 Å². The summed E-state index contributed by atoms with van der Waals surface area (Å²) in [5.41, 5.74) is 2.95. The number of fused-ring (bicyclic) bond motifs is 1. The molecule has 2 aliphatic rings. The maximum atomic E-state index is 12.2. The highest BCUT2D eigenvalue weighted by molar-refractivity contribution is 6.02. The van der Waals surface area contributed by atoms with Crippen LogP contribution in [0.25, 0.3) is 10.9 Å². The van der Waals surface area contributed by atoms with Crippen LogP contribution in [0.4, 0.5) is 5.69 Å². The van der Waals surface area contributed by atoms with Crippen molar-refractivity contribution in [3.05, 3.63) is 23.9 Å². The fourth-order valence-corrected chi connectivity index (χ4v) is 4.11. The van der Waals surface area contributed by atoms with Gasteiger partial charge in [0.25, 0.3) is 0 Å². The second-order valence-electron chi connectivity index (χ2n) is 7.31. The van der Waals surface area contributed by atoms with Gasteiger partial charge in [-0.1, -0.05) is 0 Å². The highest BCUT2D eigenvalue weighted by Crippen LogP contribution is 2.32. The summed E-state index contributed by atoms with van der Waals surface area (Å²) in [6.45, 7) is 2.12. The van der Waals surface area contributed by atoms with Gasteiger partial charge in [0.2, 0.25) is 11.8 Å². The van der Waals surface area contributed by atoms with Crippen LogP contribution in [0.15, 0.2) is 18.2 Å². The van der Waals surface area contributed by atoms with E-state index in [1.165, 1.54) is 5.69 Å². The third kappa shape index (κ3) is 3.66. The molecule has 0 saturated carbocycles. The molecule has 0 bridgehead atoms. The SMILES string of the molecule is CN(c1ccc2c(C3CCC(=O)NC3=O)nn(C)c2c1)C1CCNCC1.Cl. The Morgan fingerprint density at radius 2 is 1.93 bits per heavy atom. The summed E-state index contributed by atoms with van der Waals surface area (Å²) in [7, 11) is 4.06. The molecule has 4 rings (SSSR count). The maximum Gasteiger partial charge on any atom is 0.235 e. The van der Waals surface area contributed by atoms with Crippen molar-refractivity contribution in [2.45, 2.75) is 37.6 Å². The predicted octanol–water partition coefficient (Wildman–Crippen LogP) is 1.70. The summed E-state index contributed by atoms with van der Waals surface area (Å²) < 4.78 is 1.84. The van der Waals surface area contributed by atoms with Gasteiger partial charge in [-0.05, 0) is 50.6 Å². The van der Waals surface area contributed by atoms with Crippen LogP contribution in [0.2, 0.25) is 0 Å². The Bertz CT molecular complexity index is 859. The second kappa shape index (κ2) is 7.86. The van der Waals surface area contributed by atoms with E-state index in [2.05, 4.69) is 45.9 Å². The van der Waals surface area contributed by atoms with E-state index in [1.807, 2.05) is 11.7 Å². The number of aromatic nitrogens is 2. The number of hydrogen-bond acceptors (Lipinski definition) is 5. The number of halogens is 1. The molecule has 27 heavy (non-hydrogen) atoms. The molecule has 0 aliphatic carbocycles. The number of carbonyl (C=O) groups is 2. The Kier molecular flexibility index (Phi) is 5.72. The van der Waals surface area contributed by atoms with Crippen LogP contribution in [0, 0.1) is 0 Å². The Hall–Kier alpha value is -2.12. The molecule has 3 heterocycles. The normalized spacial score (nSPS) is 21.0. The fraction of sp³-hybridized carbons (Fsp3) is 0.526. The fourth-order valence-electron chi connectivity index (χ4n) is 4.11. The van der Waals surface area contributed by atoms with Gasteiger partial charge < -0.3 is 10.2 Å². The summed E-state index contributed by atoms with van der Waals surface area (Å²) >= 11 is 0. The number of aryl methyl sites for hydroxylation is 1. The number of benzene rings is 1. The van der Waals surface area contributed by atoms with Crippen molar-refractivity contribution < 1.29 is 9.59 Å². The molecule has 2 fully saturated rings. The van der Waals surface area contributed by atoms with Crippen LogP contribution in [0.3, 0.4) is 0 Å². The molecule has 7 nitrogen and oxygen atoms in total. The monoisotopic (exact) mass is 391 g/mol. The van der Waals surface area contributed by atoms with E-state index in [0.29, 0.717) is 18.9 Å². The number of imide groups is 1. The summed E-state index contributed by atoms with van der Waals surface area (Å²) in [6.07, 6.45) is 3.17. The van der Waals surface area contributed by atoms with Crippen LogP contribution < -0.4 is 15.5 Å². The van der Waals surface area contributed by atoms with Gasteiger partial charge in [0, 0.05) is 37.6 Å². The molecule has 2 saturated heterocycles. The lowest BCUT2D eigenvalue weighted by atomic mass is 9.92. The molecule has 2 N–H and O–H groups in total. The number of piperidine rings is 2. The summed E-state index contributed by atoms with van der Waals surface area (Å²) in [5, 5.41) is 11.4. The quantitative estimate of drug-likeness (QED) is 0.778. The molecule has 8 heteroatoms. The van der Waals surface area contributed by atoms with Crippen molar-refractivity contribution in [1.29, 1.82) is 0 Å². The molecular weight excluding hydrogens is 366 g/mol. The average Bonchev–Trinajstić information content (AvgIpc) is 2.98. The van der Waals surface area contributed by atoms with E-state index in [0.717, 1.165) is 42.5 Å². The third-order valence-electron chi connectivity index (χ3n) is 5.70. The van der Waals surface area contributed by atoms with Gasteiger partial charge in [-0.3, -0.25) is 19.6 Å². The highest BCUT2D eigenvalue weighted by Gasteiger charge is 2.31. The lowest BCUT2D eigenvalue weighted by Gasteiger charge is -2.33. The summed E-state index contributed by atoms with van der Waals surface area (Å²) in [5.74, 6) is -0.793. The number of carbonyl (C=O) groups excluding carboxylic acids is 2. The van der Waals surface area contributed by atoms with Gasteiger partial charge in [0.05, 0.1) is 17.1 Å². The molecule has 0 spiro atoms. The minimum atomic E-state index is -0.357.